The Morgan fingerprint density at radius 2 is 1.79 bits per heavy atom. The van der Waals surface area contributed by atoms with Crippen molar-refractivity contribution >= 4 is 21.6 Å². The summed E-state index contributed by atoms with van der Waals surface area (Å²) in [6.07, 6.45) is 5.72. The first-order valence-electron chi connectivity index (χ1n) is 7.44. The third-order valence-corrected chi connectivity index (χ3v) is 4.59. The van der Waals surface area contributed by atoms with Crippen molar-refractivity contribution in [3.63, 3.8) is 0 Å². The van der Waals surface area contributed by atoms with Gasteiger partial charge in [0.1, 0.15) is 0 Å². The molecule has 0 saturated heterocycles. The molecule has 0 unspecified atom stereocenters. The third-order valence-electron chi connectivity index (χ3n) is 4.10. The SMILES string of the molecule is CNCc1cc(Br)ccc1N(CC1CC1)CC1CC1. The molecule has 1 aromatic rings. The second-order valence-electron chi connectivity index (χ2n) is 6.10. The van der Waals surface area contributed by atoms with E-state index >= 15 is 0 Å². The lowest BCUT2D eigenvalue weighted by atomic mass is 10.1. The molecule has 1 aromatic carbocycles. The lowest BCUT2D eigenvalue weighted by Crippen LogP contribution is -2.29. The fraction of sp³-hybridized carbons (Fsp3) is 0.625. The van der Waals surface area contributed by atoms with E-state index in [1.54, 1.807) is 0 Å². The molecular weight excluding hydrogens is 300 g/mol. The van der Waals surface area contributed by atoms with Crippen molar-refractivity contribution < 1.29 is 0 Å². The van der Waals surface area contributed by atoms with Crippen molar-refractivity contribution in [3.05, 3.63) is 28.2 Å². The normalized spacial score (nSPS) is 18.6. The van der Waals surface area contributed by atoms with E-state index < -0.39 is 0 Å². The number of hydrogen-bond acceptors (Lipinski definition) is 2. The highest BCUT2D eigenvalue weighted by molar-refractivity contribution is 9.10. The second-order valence-corrected chi connectivity index (χ2v) is 7.01. The molecule has 1 N–H and O–H groups in total. The number of rotatable bonds is 7. The highest BCUT2D eigenvalue weighted by Gasteiger charge is 2.30. The van der Waals surface area contributed by atoms with Crippen LogP contribution >= 0.6 is 15.9 Å². The van der Waals surface area contributed by atoms with E-state index in [1.165, 1.54) is 54.5 Å². The number of nitrogens with one attached hydrogen (secondary N) is 1. The molecule has 2 nitrogen and oxygen atoms in total. The monoisotopic (exact) mass is 322 g/mol. The quantitative estimate of drug-likeness (QED) is 0.821. The van der Waals surface area contributed by atoms with Gasteiger partial charge in [-0.3, -0.25) is 0 Å². The number of halogens is 1. The van der Waals surface area contributed by atoms with Crippen LogP contribution in [0.3, 0.4) is 0 Å². The summed E-state index contributed by atoms with van der Waals surface area (Å²) in [5.74, 6) is 1.90. The van der Waals surface area contributed by atoms with E-state index in [0.29, 0.717) is 0 Å². The van der Waals surface area contributed by atoms with Crippen LogP contribution in [0.25, 0.3) is 0 Å². The maximum absolute atomic E-state index is 3.60. The van der Waals surface area contributed by atoms with E-state index in [0.717, 1.165) is 18.4 Å². The molecule has 0 atom stereocenters. The molecule has 104 valence electrons. The largest absolute Gasteiger partial charge is 0.371 e. The van der Waals surface area contributed by atoms with Gasteiger partial charge in [-0.25, -0.2) is 0 Å². The number of anilines is 1. The molecule has 2 aliphatic rings. The summed E-state index contributed by atoms with van der Waals surface area (Å²) in [5.41, 5.74) is 2.86. The van der Waals surface area contributed by atoms with E-state index in [1.807, 2.05) is 7.05 Å². The van der Waals surface area contributed by atoms with Crippen LogP contribution in [-0.4, -0.2) is 20.1 Å². The Hall–Kier alpha value is -0.540. The zero-order valence-electron chi connectivity index (χ0n) is 11.7. The molecule has 0 amide bonds. The maximum atomic E-state index is 3.60. The molecule has 19 heavy (non-hydrogen) atoms. The highest BCUT2D eigenvalue weighted by atomic mass is 79.9. The van der Waals surface area contributed by atoms with Crippen LogP contribution in [-0.2, 0) is 6.54 Å². The maximum Gasteiger partial charge on any atom is 0.0412 e. The third kappa shape index (κ3) is 3.73. The van der Waals surface area contributed by atoms with Crippen LogP contribution in [0.2, 0.25) is 0 Å². The molecular formula is C16H23BrN2. The van der Waals surface area contributed by atoms with Crippen molar-refractivity contribution in [2.75, 3.05) is 25.0 Å². The van der Waals surface area contributed by atoms with Crippen LogP contribution in [0.5, 0.6) is 0 Å². The Balaban J connectivity index is 1.81. The lowest BCUT2D eigenvalue weighted by Gasteiger charge is -2.27. The Bertz CT molecular complexity index is 424. The predicted molar refractivity (Wildman–Crippen MR) is 84.6 cm³/mol. The average molecular weight is 323 g/mol. The Kier molecular flexibility index (Phi) is 4.13. The van der Waals surface area contributed by atoms with Gasteiger partial charge in [-0.1, -0.05) is 15.9 Å². The Morgan fingerprint density at radius 1 is 1.16 bits per heavy atom. The highest BCUT2D eigenvalue weighted by Crippen LogP contribution is 2.37. The summed E-state index contributed by atoms with van der Waals surface area (Å²) in [6.45, 7) is 3.46. The predicted octanol–water partition coefficient (Wildman–Crippen LogP) is 3.79. The summed E-state index contributed by atoms with van der Waals surface area (Å²) in [7, 11) is 2.02. The van der Waals surface area contributed by atoms with Crippen molar-refractivity contribution in [3.8, 4) is 0 Å². The van der Waals surface area contributed by atoms with Gasteiger partial charge in [0.05, 0.1) is 0 Å². The molecule has 0 spiro atoms. The van der Waals surface area contributed by atoms with Gasteiger partial charge in [0, 0.05) is 29.8 Å². The zero-order valence-corrected chi connectivity index (χ0v) is 13.2. The molecule has 2 saturated carbocycles. The molecule has 2 aliphatic carbocycles. The molecule has 0 bridgehead atoms. The summed E-state index contributed by atoms with van der Waals surface area (Å²) in [5, 5.41) is 3.30. The van der Waals surface area contributed by atoms with Crippen LogP contribution in [0.15, 0.2) is 22.7 Å². The van der Waals surface area contributed by atoms with Crippen LogP contribution in [0.4, 0.5) is 5.69 Å². The van der Waals surface area contributed by atoms with Crippen LogP contribution in [0.1, 0.15) is 31.2 Å². The van der Waals surface area contributed by atoms with E-state index in [9.17, 15) is 0 Å². The van der Waals surface area contributed by atoms with Gasteiger partial charge in [0.25, 0.3) is 0 Å². The van der Waals surface area contributed by atoms with Gasteiger partial charge in [-0.2, -0.15) is 0 Å². The van der Waals surface area contributed by atoms with Crippen molar-refractivity contribution in [2.24, 2.45) is 11.8 Å². The lowest BCUT2D eigenvalue weighted by molar-refractivity contribution is 0.673. The minimum absolute atomic E-state index is 0.945. The van der Waals surface area contributed by atoms with E-state index in [-0.39, 0.29) is 0 Å². The molecule has 0 aliphatic heterocycles. The van der Waals surface area contributed by atoms with Crippen molar-refractivity contribution in [1.29, 1.82) is 0 Å². The Labute approximate surface area is 124 Å². The smallest absolute Gasteiger partial charge is 0.0412 e. The minimum atomic E-state index is 0.945. The van der Waals surface area contributed by atoms with Gasteiger partial charge < -0.3 is 10.2 Å². The molecule has 2 fully saturated rings. The first kappa shape index (κ1) is 13.4. The van der Waals surface area contributed by atoms with Crippen molar-refractivity contribution in [2.45, 2.75) is 32.2 Å². The first-order valence-corrected chi connectivity index (χ1v) is 8.23. The number of hydrogen-bond donors (Lipinski definition) is 1. The van der Waals surface area contributed by atoms with Crippen LogP contribution < -0.4 is 10.2 Å². The van der Waals surface area contributed by atoms with E-state index in [2.05, 4.69) is 44.3 Å². The van der Waals surface area contributed by atoms with E-state index in [4.69, 9.17) is 0 Å². The summed E-state index contributed by atoms with van der Waals surface area (Å²) in [4.78, 5) is 2.65. The van der Waals surface area contributed by atoms with Gasteiger partial charge in [-0.05, 0) is 68.3 Å². The first-order chi connectivity index (χ1) is 9.26. The van der Waals surface area contributed by atoms with Gasteiger partial charge >= 0.3 is 0 Å². The van der Waals surface area contributed by atoms with Gasteiger partial charge in [0.2, 0.25) is 0 Å². The average Bonchev–Trinajstić information content (AvgIpc) is 3.24. The standard InChI is InChI=1S/C16H23BrN2/c1-18-9-14-8-15(17)6-7-16(14)19(10-12-2-3-12)11-13-4-5-13/h6-8,12-13,18H,2-5,9-11H2,1H3. The summed E-state index contributed by atoms with van der Waals surface area (Å²) < 4.78 is 1.18. The molecule has 0 aromatic heterocycles. The van der Waals surface area contributed by atoms with Gasteiger partial charge in [0.15, 0.2) is 0 Å². The number of nitrogens with zero attached hydrogens (tertiary/aromatic N) is 1. The fourth-order valence-electron chi connectivity index (χ4n) is 2.69. The molecule has 0 radical (unpaired) electrons. The number of benzene rings is 1. The summed E-state index contributed by atoms with van der Waals surface area (Å²) in [6, 6.07) is 6.74. The molecule has 3 heteroatoms. The van der Waals surface area contributed by atoms with Crippen LogP contribution in [0, 0.1) is 11.8 Å². The minimum Gasteiger partial charge on any atom is -0.371 e. The molecule has 3 rings (SSSR count). The summed E-state index contributed by atoms with van der Waals surface area (Å²) >= 11 is 3.60. The van der Waals surface area contributed by atoms with Gasteiger partial charge in [-0.15, -0.1) is 0 Å². The molecule has 0 heterocycles. The second kappa shape index (κ2) is 5.84. The topological polar surface area (TPSA) is 15.3 Å². The van der Waals surface area contributed by atoms with Crippen molar-refractivity contribution in [1.82, 2.24) is 5.32 Å². The Morgan fingerprint density at radius 3 is 2.32 bits per heavy atom. The zero-order chi connectivity index (χ0) is 13.2. The fourth-order valence-corrected chi connectivity index (χ4v) is 3.10.